The minimum absolute atomic E-state index is 0.00215. The van der Waals surface area contributed by atoms with E-state index in [2.05, 4.69) is 188 Å². The van der Waals surface area contributed by atoms with Crippen molar-refractivity contribution in [1.29, 1.82) is 26.3 Å². The molecule has 0 saturated heterocycles. The molecule has 0 amide bonds. The van der Waals surface area contributed by atoms with E-state index in [9.17, 15) is 25.4 Å². The van der Waals surface area contributed by atoms with Crippen LogP contribution >= 0.6 is 0 Å². The van der Waals surface area contributed by atoms with Crippen LogP contribution in [0, 0.1) is 76.4 Å². The molecule has 0 unspecified atom stereocenters. The summed E-state index contributed by atoms with van der Waals surface area (Å²) in [5, 5.41) is 52.8. The number of carbonyl (C=O) groups is 2. The maximum absolute atomic E-state index is 13.1. The van der Waals surface area contributed by atoms with Gasteiger partial charge < -0.3 is 0 Å². The van der Waals surface area contributed by atoms with Gasteiger partial charge in [0.1, 0.15) is 43.0 Å². The van der Waals surface area contributed by atoms with Crippen molar-refractivity contribution in [3.05, 3.63) is 433 Å². The molecule has 0 aromatic heterocycles. The molecule has 0 radical (unpaired) electrons. The van der Waals surface area contributed by atoms with Gasteiger partial charge >= 0.3 is 5.82 Å². The molecule has 0 heterocycles. The monoisotopic (exact) mass is 1490 g/mol. The van der Waals surface area contributed by atoms with Crippen LogP contribution in [0.1, 0.15) is 116 Å². The molecule has 0 saturated carbocycles. The first-order valence-electron chi connectivity index (χ1n) is 38.0. The molecular weight excluding hydrogens is 1430 g/mol. The van der Waals surface area contributed by atoms with Crippen LogP contribution in [0.2, 0.25) is 0 Å². The highest BCUT2D eigenvalue weighted by Crippen LogP contribution is 2.54. The Hall–Kier alpha value is -16.4. The standard InChI is InChI=1S/C39H27N3.C27H17N.C26H16O2.C15H6N4/c1-38(2)34-17-23(21-40)9-13-29(34)30-14-10-24(18-35(30)38)27-7-6-8-28(33(27)22-41)25-11-15-31-32-16-12-26(42-5)20-37(32)39(3,4)36(31)19-25;28-18-27-25(23-14-5-10-19-8-1-3-12-21(19)23)16-7-17-26(27)24-15-6-11-20-9-2-4-13-22(20)24;27-25-22-14-12-20(18-9-5-2-6-10-18)16-24(22)26(28)21-13-11-19(15-23(21)25)17-7-3-1-4-8-17;1-18-15(19-2)14-7-13(10(8-16)9-17)11-5-3-4-6-12(11)14/h6-20H,1-4H3;1-17H;1-16H;3-6H,7H2. The van der Waals surface area contributed by atoms with Crippen LogP contribution in [0.4, 0.5) is 5.69 Å². The number of carbonyl (C=O) groups excluding carboxylic acids is 2. The van der Waals surface area contributed by atoms with Gasteiger partial charge in [-0.25, -0.2) is 4.85 Å². The lowest BCUT2D eigenvalue weighted by Gasteiger charge is -2.23. The maximum atomic E-state index is 13.1. The first kappa shape index (κ1) is 74.6. The van der Waals surface area contributed by atoms with Crippen LogP contribution in [0.25, 0.3) is 136 Å². The summed E-state index contributed by atoms with van der Waals surface area (Å²) in [4.78, 5) is 36.4. The lowest BCUT2D eigenvalue weighted by Crippen LogP contribution is -2.21. The third-order valence-corrected chi connectivity index (χ3v) is 22.9. The van der Waals surface area contributed by atoms with Gasteiger partial charge in [0.15, 0.2) is 17.3 Å². The average Bonchev–Trinajstić information content (AvgIpc) is 1.62. The number of nitriles is 5. The molecule has 0 atom stereocenters. The van der Waals surface area contributed by atoms with Crippen molar-refractivity contribution in [1.82, 2.24) is 0 Å². The van der Waals surface area contributed by atoms with E-state index >= 15 is 0 Å². The molecule has 0 spiro atoms. The van der Waals surface area contributed by atoms with Crippen molar-refractivity contribution in [2.75, 3.05) is 0 Å². The number of benzene rings is 15. The fraction of sp³-hybridized carbons (Fsp3) is 0.0654. The van der Waals surface area contributed by atoms with E-state index in [0.29, 0.717) is 50.2 Å². The van der Waals surface area contributed by atoms with E-state index in [0.717, 1.165) is 99.8 Å². The Morgan fingerprint density at radius 2 is 0.675 bits per heavy atom. The zero-order valence-corrected chi connectivity index (χ0v) is 64.1. The summed E-state index contributed by atoms with van der Waals surface area (Å²) in [7, 11) is 0. The molecule has 0 fully saturated rings. The third kappa shape index (κ3) is 13.3. The Balaban J connectivity index is 0.000000121. The predicted octanol–water partition coefficient (Wildman–Crippen LogP) is 26.3. The highest BCUT2D eigenvalue weighted by molar-refractivity contribution is 6.29. The summed E-state index contributed by atoms with van der Waals surface area (Å²) >= 11 is 0. The van der Waals surface area contributed by atoms with Gasteiger partial charge in [0.2, 0.25) is 0 Å². The van der Waals surface area contributed by atoms with E-state index in [-0.39, 0.29) is 40.2 Å². The average molecular weight is 1500 g/mol. The number of hydrogen-bond acceptors (Lipinski definition) is 7. The van der Waals surface area contributed by atoms with Gasteiger partial charge in [0.25, 0.3) is 0 Å². The highest BCUT2D eigenvalue weighted by atomic mass is 16.1. The Labute approximate surface area is 679 Å². The summed E-state index contributed by atoms with van der Waals surface area (Å²) in [6.45, 7) is 30.4. The summed E-state index contributed by atoms with van der Waals surface area (Å²) in [5.74, 6) is -0.193. The Morgan fingerprint density at radius 3 is 1.14 bits per heavy atom. The molecule has 15 aromatic rings. The quantitative estimate of drug-likeness (QED) is 0.118. The summed E-state index contributed by atoms with van der Waals surface area (Å²) in [6.07, 6.45) is 0.288. The number of hydrogen-bond donors (Lipinski definition) is 0. The van der Waals surface area contributed by atoms with E-state index in [4.69, 9.17) is 30.2 Å². The van der Waals surface area contributed by atoms with E-state index in [1.807, 2.05) is 176 Å². The lowest BCUT2D eigenvalue weighted by molar-refractivity contribution is 0.0979. The van der Waals surface area contributed by atoms with E-state index in [1.54, 1.807) is 24.3 Å². The topological polar surface area (TPSA) is 166 Å². The Morgan fingerprint density at radius 1 is 0.308 bits per heavy atom. The molecule has 4 aliphatic carbocycles. The fourth-order valence-electron chi connectivity index (χ4n) is 17.0. The first-order chi connectivity index (χ1) is 57.0. The van der Waals surface area contributed by atoms with Gasteiger partial charge in [-0.15, -0.1) is 0 Å². The number of fused-ring (bicyclic) bond motifs is 11. The smallest absolute Gasteiger partial charge is 0.289 e. The Kier molecular flexibility index (Phi) is 19.8. The summed E-state index contributed by atoms with van der Waals surface area (Å²) in [6, 6.07) is 115. The molecule has 10 nitrogen and oxygen atoms in total. The zero-order valence-electron chi connectivity index (χ0n) is 64.1. The first-order valence-corrected chi connectivity index (χ1v) is 38.0. The van der Waals surface area contributed by atoms with Crippen molar-refractivity contribution in [2.24, 2.45) is 0 Å². The molecule has 10 heteroatoms. The summed E-state index contributed by atoms with van der Waals surface area (Å²) in [5.41, 5.74) is 28.2. The van der Waals surface area contributed by atoms with E-state index in [1.165, 1.54) is 49.7 Å². The Bertz CT molecular complexity index is 6730. The number of ketones is 2. The molecular formula is C107H66N8O2. The van der Waals surface area contributed by atoms with Gasteiger partial charge in [-0.3, -0.25) is 9.59 Å². The van der Waals surface area contributed by atoms with Crippen LogP contribution in [0.15, 0.2) is 327 Å². The van der Waals surface area contributed by atoms with Crippen LogP contribution < -0.4 is 0 Å². The van der Waals surface area contributed by atoms with E-state index < -0.39 is 0 Å². The molecule has 0 bridgehead atoms. The minimum Gasteiger partial charge on any atom is -0.289 e. The van der Waals surface area contributed by atoms with Gasteiger partial charge in [-0.1, -0.05) is 295 Å². The largest absolute Gasteiger partial charge is 0.523 e. The van der Waals surface area contributed by atoms with Gasteiger partial charge in [-0.05, 0) is 182 Å². The van der Waals surface area contributed by atoms with Crippen LogP contribution in [0.5, 0.6) is 0 Å². The maximum Gasteiger partial charge on any atom is 0.523 e. The predicted molar refractivity (Wildman–Crippen MR) is 465 cm³/mol. The SMILES string of the molecule is N#Cc1c(-c2cccc3ccccc23)cccc1-c1cccc2ccccc12.O=C1c2ccc(-c3ccccc3)cc2C(=O)c2ccc(-c3ccccc3)cc21.[C-]#[N+]C([N+]#[C-])=C1CC(=C(C#N)C#N)c2ccccc21.[C-]#[N+]c1ccc2c(c1)C(C)(C)c1cc(-c3cccc(-c4ccc5c(c4)C(C)(C)c4cc(C#N)ccc4-5)c3C#N)ccc1-2. The minimum atomic E-state index is -0.258. The third-order valence-electron chi connectivity index (χ3n) is 22.9. The van der Waals surface area contributed by atoms with Gasteiger partial charge in [0, 0.05) is 55.3 Å². The van der Waals surface area contributed by atoms with Crippen molar-refractivity contribution in [2.45, 2.75) is 44.9 Å². The van der Waals surface area contributed by atoms with Crippen LogP contribution in [0.3, 0.4) is 0 Å². The van der Waals surface area contributed by atoms with Gasteiger partial charge in [0.05, 0.1) is 34.9 Å². The van der Waals surface area contributed by atoms with Crippen LogP contribution in [-0.2, 0) is 10.8 Å². The van der Waals surface area contributed by atoms with Crippen molar-refractivity contribution in [3.8, 4) is 119 Å². The zero-order chi connectivity index (χ0) is 81.2. The normalized spacial score (nSPS) is 12.6. The molecule has 15 aromatic carbocycles. The molecule has 0 N–H and O–H groups in total. The molecule has 546 valence electrons. The van der Waals surface area contributed by atoms with Crippen molar-refractivity contribution in [3.63, 3.8) is 0 Å². The molecule has 0 aliphatic heterocycles. The second-order valence-electron chi connectivity index (χ2n) is 30.0. The second kappa shape index (κ2) is 31.0. The van der Waals surface area contributed by atoms with Crippen molar-refractivity contribution >= 4 is 49.9 Å². The molecule has 117 heavy (non-hydrogen) atoms. The van der Waals surface area contributed by atoms with Gasteiger partial charge in [-0.2, -0.15) is 36.0 Å². The highest BCUT2D eigenvalue weighted by Gasteiger charge is 2.39. The number of allylic oxidation sites excluding steroid dienone is 3. The lowest BCUT2D eigenvalue weighted by atomic mass is 9.80. The number of nitrogens with zero attached hydrogens (tertiary/aromatic N) is 8. The van der Waals surface area contributed by atoms with Crippen LogP contribution in [-0.4, -0.2) is 11.6 Å². The molecule has 4 aliphatic rings. The number of rotatable bonds is 6. The second-order valence-corrected chi connectivity index (χ2v) is 30.0. The summed E-state index contributed by atoms with van der Waals surface area (Å²) < 4.78 is 0. The molecule has 19 rings (SSSR count). The van der Waals surface area contributed by atoms with Crippen molar-refractivity contribution < 1.29 is 9.59 Å². The fourth-order valence-corrected chi connectivity index (χ4v) is 17.0.